The first-order valence-electron chi connectivity index (χ1n) is 11.0. The third kappa shape index (κ3) is 3.40. The Hall–Kier alpha value is -2.05. The molecular weight excluding hydrogens is 393 g/mol. The number of carbonyl (C=O) groups excluding carboxylic acids is 2. The molecule has 1 atom stereocenters. The molecule has 0 radical (unpaired) electrons. The molecule has 4 nitrogen and oxygen atoms in total. The van der Waals surface area contributed by atoms with E-state index in [0.717, 1.165) is 37.8 Å². The maximum absolute atomic E-state index is 13.6. The van der Waals surface area contributed by atoms with Crippen LogP contribution in [0.5, 0.6) is 0 Å². The molecule has 1 aromatic rings. The first-order chi connectivity index (χ1) is 14.2. The van der Waals surface area contributed by atoms with Gasteiger partial charge in [0.2, 0.25) is 11.8 Å². The van der Waals surface area contributed by atoms with E-state index < -0.39 is 17.8 Å². The second-order valence-corrected chi connectivity index (χ2v) is 9.92. The molecule has 1 aliphatic heterocycles. The van der Waals surface area contributed by atoms with Crippen LogP contribution in [-0.4, -0.2) is 29.3 Å². The molecule has 2 amide bonds. The van der Waals surface area contributed by atoms with Crippen LogP contribution < -0.4 is 5.32 Å². The number of hydrogen-bond donors (Lipinski definition) is 1. The fourth-order valence-electron chi connectivity index (χ4n) is 6.93. The summed E-state index contributed by atoms with van der Waals surface area (Å²) >= 11 is 0. The number of likely N-dealkylation sites (tertiary alicyclic amines) is 1. The van der Waals surface area contributed by atoms with Gasteiger partial charge in [0.25, 0.3) is 0 Å². The standard InChI is InChI=1S/C23H27F3N2O2/c24-23(25,26)17-3-5-18(6-4-17)27-20(29)19-2-1-7-28(19)21(30)22-11-14-8-15(12-22)10-16(9-14)13-22/h3-6,14-16,19H,1-2,7-13H2,(H,27,29). The van der Waals surface area contributed by atoms with Crippen LogP contribution in [0.3, 0.4) is 0 Å². The first-order valence-corrected chi connectivity index (χ1v) is 11.0. The number of hydrogen-bond acceptors (Lipinski definition) is 2. The van der Waals surface area contributed by atoms with Crippen molar-refractivity contribution in [1.29, 1.82) is 0 Å². The van der Waals surface area contributed by atoms with Crippen LogP contribution in [0, 0.1) is 23.2 Å². The van der Waals surface area contributed by atoms with Gasteiger partial charge in [0.15, 0.2) is 0 Å². The zero-order valence-electron chi connectivity index (χ0n) is 16.9. The lowest BCUT2D eigenvalue weighted by atomic mass is 9.49. The van der Waals surface area contributed by atoms with Crippen molar-refractivity contribution in [3.05, 3.63) is 29.8 Å². The Balaban J connectivity index is 1.29. The topological polar surface area (TPSA) is 49.4 Å². The van der Waals surface area contributed by atoms with Gasteiger partial charge in [-0.15, -0.1) is 0 Å². The number of halogens is 3. The van der Waals surface area contributed by atoms with Gasteiger partial charge in [-0.1, -0.05) is 0 Å². The Morgan fingerprint density at radius 3 is 2.07 bits per heavy atom. The molecule has 1 heterocycles. The van der Waals surface area contributed by atoms with E-state index >= 15 is 0 Å². The molecule has 1 unspecified atom stereocenters. The number of benzene rings is 1. The zero-order chi connectivity index (χ0) is 21.1. The Kier molecular flexibility index (Phi) is 4.63. The first kappa shape index (κ1) is 19.9. The zero-order valence-corrected chi connectivity index (χ0v) is 16.9. The molecule has 0 spiro atoms. The minimum absolute atomic E-state index is 0.145. The summed E-state index contributed by atoms with van der Waals surface area (Å²) in [5, 5.41) is 2.72. The van der Waals surface area contributed by atoms with E-state index in [2.05, 4.69) is 5.32 Å². The Morgan fingerprint density at radius 2 is 1.53 bits per heavy atom. The number of alkyl halides is 3. The fraction of sp³-hybridized carbons (Fsp3) is 0.652. The number of carbonyl (C=O) groups is 2. The van der Waals surface area contributed by atoms with E-state index in [1.165, 1.54) is 31.4 Å². The highest BCUT2D eigenvalue weighted by atomic mass is 19.4. The van der Waals surface area contributed by atoms with E-state index in [4.69, 9.17) is 0 Å². The molecule has 1 aromatic carbocycles. The monoisotopic (exact) mass is 420 g/mol. The molecule has 4 aliphatic carbocycles. The molecule has 7 heteroatoms. The SMILES string of the molecule is O=C(Nc1ccc(C(F)(F)F)cc1)C1CCCN1C(=O)C12CC3CC(CC(C3)C1)C2. The van der Waals surface area contributed by atoms with E-state index in [1.54, 1.807) is 4.90 Å². The van der Waals surface area contributed by atoms with E-state index in [-0.39, 0.29) is 17.2 Å². The van der Waals surface area contributed by atoms with Crippen molar-refractivity contribution in [3.63, 3.8) is 0 Å². The number of rotatable bonds is 3. The number of amides is 2. The fourth-order valence-corrected chi connectivity index (χ4v) is 6.93. The summed E-state index contributed by atoms with van der Waals surface area (Å²) in [6.07, 6.45) is 3.62. The van der Waals surface area contributed by atoms with E-state index in [1.807, 2.05) is 0 Å². The Morgan fingerprint density at radius 1 is 0.967 bits per heavy atom. The van der Waals surface area contributed by atoms with Crippen LogP contribution in [0.25, 0.3) is 0 Å². The van der Waals surface area contributed by atoms with Crippen LogP contribution in [0.15, 0.2) is 24.3 Å². The maximum Gasteiger partial charge on any atom is 0.416 e. The molecule has 1 N–H and O–H groups in total. The average Bonchev–Trinajstić information content (AvgIpc) is 3.16. The van der Waals surface area contributed by atoms with Gasteiger partial charge in [0.1, 0.15) is 6.04 Å². The van der Waals surface area contributed by atoms with Gasteiger partial charge < -0.3 is 10.2 Å². The van der Waals surface area contributed by atoms with Crippen LogP contribution in [0.1, 0.15) is 56.9 Å². The van der Waals surface area contributed by atoms with E-state index in [9.17, 15) is 22.8 Å². The van der Waals surface area contributed by atoms with Gasteiger partial charge >= 0.3 is 6.18 Å². The molecule has 5 fully saturated rings. The predicted molar refractivity (Wildman–Crippen MR) is 105 cm³/mol. The maximum atomic E-state index is 13.6. The minimum atomic E-state index is -4.41. The van der Waals surface area contributed by atoms with Crippen molar-refractivity contribution < 1.29 is 22.8 Å². The molecule has 6 rings (SSSR count). The lowest BCUT2D eigenvalue weighted by molar-refractivity contribution is -0.160. The van der Waals surface area contributed by atoms with Crippen molar-refractivity contribution >= 4 is 17.5 Å². The quantitative estimate of drug-likeness (QED) is 0.760. The highest BCUT2D eigenvalue weighted by molar-refractivity contribution is 5.98. The van der Waals surface area contributed by atoms with Crippen molar-refractivity contribution in [2.45, 2.75) is 63.6 Å². The minimum Gasteiger partial charge on any atom is -0.330 e. The largest absolute Gasteiger partial charge is 0.416 e. The van der Waals surface area contributed by atoms with Gasteiger partial charge in [-0.25, -0.2) is 0 Å². The summed E-state index contributed by atoms with van der Waals surface area (Å²) in [5.41, 5.74) is -0.714. The summed E-state index contributed by atoms with van der Waals surface area (Å²) in [6.45, 7) is 0.589. The lowest BCUT2D eigenvalue weighted by Crippen LogP contribution is -2.56. The van der Waals surface area contributed by atoms with Crippen molar-refractivity contribution in [1.82, 2.24) is 4.90 Å². The smallest absolute Gasteiger partial charge is 0.330 e. The molecule has 4 bridgehead atoms. The van der Waals surface area contributed by atoms with Crippen molar-refractivity contribution in [2.75, 3.05) is 11.9 Å². The van der Waals surface area contributed by atoms with Crippen LogP contribution >= 0.6 is 0 Å². The summed E-state index contributed by atoms with van der Waals surface area (Å²) in [5.74, 6) is 1.81. The predicted octanol–water partition coefficient (Wildman–Crippen LogP) is 4.85. The molecule has 162 valence electrons. The average molecular weight is 420 g/mol. The third-order valence-corrected chi connectivity index (χ3v) is 7.79. The summed E-state index contributed by atoms with van der Waals surface area (Å²) < 4.78 is 38.2. The molecule has 0 aromatic heterocycles. The molecule has 30 heavy (non-hydrogen) atoms. The number of anilines is 1. The van der Waals surface area contributed by atoms with Crippen LogP contribution in [-0.2, 0) is 15.8 Å². The molecule has 5 aliphatic rings. The van der Waals surface area contributed by atoms with Crippen molar-refractivity contribution in [2.24, 2.45) is 23.2 Å². The van der Waals surface area contributed by atoms with Gasteiger partial charge in [-0.2, -0.15) is 13.2 Å². The Labute approximate surface area is 174 Å². The summed E-state index contributed by atoms with van der Waals surface area (Å²) in [4.78, 5) is 28.3. The highest BCUT2D eigenvalue weighted by Gasteiger charge is 2.56. The van der Waals surface area contributed by atoms with Gasteiger partial charge in [0.05, 0.1) is 11.0 Å². The summed E-state index contributed by atoms with van der Waals surface area (Å²) in [6, 6.07) is 3.92. The second-order valence-electron chi connectivity index (χ2n) is 9.92. The normalized spacial score (nSPS) is 35.0. The van der Waals surface area contributed by atoms with E-state index in [0.29, 0.717) is 36.4 Å². The van der Waals surface area contributed by atoms with Gasteiger partial charge in [-0.3, -0.25) is 9.59 Å². The Bertz CT molecular complexity index is 814. The van der Waals surface area contributed by atoms with Gasteiger partial charge in [0, 0.05) is 12.2 Å². The third-order valence-electron chi connectivity index (χ3n) is 7.79. The summed E-state index contributed by atoms with van der Waals surface area (Å²) in [7, 11) is 0. The van der Waals surface area contributed by atoms with Crippen molar-refractivity contribution in [3.8, 4) is 0 Å². The number of nitrogens with one attached hydrogen (secondary N) is 1. The lowest BCUT2D eigenvalue weighted by Gasteiger charge is -2.56. The molecular formula is C23H27F3N2O2. The molecule has 4 saturated carbocycles. The van der Waals surface area contributed by atoms with Crippen LogP contribution in [0.2, 0.25) is 0 Å². The highest BCUT2D eigenvalue weighted by Crippen LogP contribution is 2.60. The van der Waals surface area contributed by atoms with Gasteiger partial charge in [-0.05, 0) is 93.4 Å². The molecule has 1 saturated heterocycles. The number of nitrogens with zero attached hydrogens (tertiary/aromatic N) is 1. The second kappa shape index (κ2) is 6.99. The van der Waals surface area contributed by atoms with Crippen LogP contribution in [0.4, 0.5) is 18.9 Å².